The molecule has 0 saturated heterocycles. The van der Waals surface area contributed by atoms with E-state index in [0.717, 1.165) is 12.0 Å². The summed E-state index contributed by atoms with van der Waals surface area (Å²) in [4.78, 5) is 17.6. The first-order valence-corrected chi connectivity index (χ1v) is 13.2. The van der Waals surface area contributed by atoms with E-state index in [1.807, 2.05) is 39.0 Å². The Morgan fingerprint density at radius 1 is 0.949 bits per heavy atom. The number of rotatable bonds is 10. The number of nitrogens with one attached hydrogen (secondary N) is 2. The summed E-state index contributed by atoms with van der Waals surface area (Å²) < 4.78 is 23.0. The Hall–Kier alpha value is -4.31. The molecule has 0 aliphatic heterocycles. The number of aromatic nitrogens is 1. The number of carbonyl (C=O) groups is 1. The number of phenols is 1. The normalized spacial score (nSPS) is 10.8. The van der Waals surface area contributed by atoms with Gasteiger partial charge in [-0.3, -0.25) is 10.1 Å². The number of hydrogen-bond donors (Lipinski definition) is 3. The molecule has 4 aromatic rings. The van der Waals surface area contributed by atoms with Crippen molar-refractivity contribution in [3.63, 3.8) is 0 Å². The van der Waals surface area contributed by atoms with Gasteiger partial charge in [0.2, 0.25) is 11.6 Å². The molecule has 0 fully saturated rings. The summed E-state index contributed by atoms with van der Waals surface area (Å²) in [6, 6.07) is 13.8. The van der Waals surface area contributed by atoms with E-state index in [1.54, 1.807) is 24.3 Å². The molecule has 1 aromatic heterocycles. The number of aromatic hydroxyl groups is 1. The third-order valence-electron chi connectivity index (χ3n) is 5.74. The van der Waals surface area contributed by atoms with Crippen LogP contribution < -0.4 is 24.8 Å². The van der Waals surface area contributed by atoms with Crippen LogP contribution in [0.2, 0.25) is 0 Å². The molecular formula is C29H31N3O6S. The number of benzene rings is 3. The number of anilines is 1. The molecule has 39 heavy (non-hydrogen) atoms. The van der Waals surface area contributed by atoms with Crippen molar-refractivity contribution in [1.29, 1.82) is 0 Å². The van der Waals surface area contributed by atoms with E-state index in [9.17, 15) is 9.90 Å². The minimum Gasteiger partial charge on any atom is -0.507 e. The number of oxazole rings is 1. The molecule has 0 unspecified atom stereocenters. The summed E-state index contributed by atoms with van der Waals surface area (Å²) in [5.74, 6) is 1.07. The topological polar surface area (TPSA) is 115 Å². The van der Waals surface area contributed by atoms with Gasteiger partial charge < -0.3 is 29.1 Å². The zero-order valence-corrected chi connectivity index (χ0v) is 23.1. The number of nitrogens with zero attached hydrogens (tertiary/aromatic N) is 1. The standard InChI is InChI=1S/C29H31N3O6S/c1-5-17-9-12-23-21(13-17)31-28(38-23)20-16-19(10-11-22(20)33)30-29(39)32-27(34)18-14-24(35-6-2)26(37-8-4)25(15-18)36-7-3/h9-16,33H,5-8H2,1-4H3,(H2,30,32,34,39). The van der Waals surface area contributed by atoms with Crippen LogP contribution in [0.4, 0.5) is 5.69 Å². The number of carbonyl (C=O) groups excluding carboxylic acids is 1. The second-order valence-corrected chi connectivity index (χ2v) is 8.82. The van der Waals surface area contributed by atoms with Crippen LogP contribution in [0.5, 0.6) is 23.0 Å². The van der Waals surface area contributed by atoms with Crippen molar-refractivity contribution in [2.45, 2.75) is 34.1 Å². The number of ether oxygens (including phenoxy) is 3. The van der Waals surface area contributed by atoms with Crippen molar-refractivity contribution in [2.24, 2.45) is 0 Å². The molecule has 1 amide bonds. The number of thiocarbonyl (C=S) groups is 1. The monoisotopic (exact) mass is 549 g/mol. The van der Waals surface area contributed by atoms with Crippen molar-refractivity contribution >= 4 is 40.0 Å². The van der Waals surface area contributed by atoms with Gasteiger partial charge in [-0.05, 0) is 87.4 Å². The van der Waals surface area contributed by atoms with Crippen molar-refractivity contribution in [3.8, 4) is 34.5 Å². The molecule has 0 atom stereocenters. The second kappa shape index (κ2) is 12.5. The molecule has 0 bridgehead atoms. The van der Waals surface area contributed by atoms with E-state index in [4.69, 9.17) is 30.8 Å². The van der Waals surface area contributed by atoms with Crippen LogP contribution in [0, 0.1) is 0 Å². The fraction of sp³-hybridized carbons (Fsp3) is 0.276. The number of hydrogen-bond acceptors (Lipinski definition) is 8. The molecule has 10 heteroatoms. The molecule has 204 valence electrons. The van der Waals surface area contributed by atoms with Crippen LogP contribution in [0.1, 0.15) is 43.6 Å². The maximum atomic E-state index is 13.1. The number of fused-ring (bicyclic) bond motifs is 1. The SMILES string of the molecule is CCOc1cc(C(=O)NC(=S)Nc2ccc(O)c(-c3nc4cc(CC)ccc4o3)c2)cc(OCC)c1OCC. The molecule has 3 N–H and O–H groups in total. The van der Waals surface area contributed by atoms with Crippen molar-refractivity contribution in [1.82, 2.24) is 10.3 Å². The lowest BCUT2D eigenvalue weighted by Crippen LogP contribution is -2.34. The van der Waals surface area contributed by atoms with Gasteiger partial charge in [0.05, 0.1) is 25.4 Å². The van der Waals surface area contributed by atoms with E-state index in [1.165, 1.54) is 6.07 Å². The van der Waals surface area contributed by atoms with Gasteiger partial charge in [0.15, 0.2) is 22.2 Å². The summed E-state index contributed by atoms with van der Waals surface area (Å²) in [6.07, 6.45) is 0.877. The largest absolute Gasteiger partial charge is 0.507 e. The van der Waals surface area contributed by atoms with Gasteiger partial charge in [-0.2, -0.15) is 0 Å². The number of aryl methyl sites for hydroxylation is 1. The van der Waals surface area contributed by atoms with Crippen molar-refractivity contribution < 1.29 is 28.5 Å². The maximum absolute atomic E-state index is 13.1. The molecular weight excluding hydrogens is 518 g/mol. The zero-order valence-electron chi connectivity index (χ0n) is 22.3. The average Bonchev–Trinajstić information content (AvgIpc) is 3.34. The second-order valence-electron chi connectivity index (χ2n) is 8.42. The fourth-order valence-corrected chi connectivity index (χ4v) is 4.16. The minimum absolute atomic E-state index is 0.000861. The lowest BCUT2D eigenvalue weighted by molar-refractivity contribution is 0.0976. The van der Waals surface area contributed by atoms with Gasteiger partial charge in [-0.25, -0.2) is 4.98 Å². The van der Waals surface area contributed by atoms with E-state index in [2.05, 4.69) is 22.5 Å². The summed E-state index contributed by atoms with van der Waals surface area (Å²) in [5, 5.41) is 16.2. The van der Waals surface area contributed by atoms with Gasteiger partial charge in [0.1, 0.15) is 11.3 Å². The third-order valence-corrected chi connectivity index (χ3v) is 5.95. The first-order chi connectivity index (χ1) is 18.9. The lowest BCUT2D eigenvalue weighted by Gasteiger charge is -2.17. The highest BCUT2D eigenvalue weighted by molar-refractivity contribution is 7.80. The Kier molecular flexibility index (Phi) is 8.88. The van der Waals surface area contributed by atoms with E-state index < -0.39 is 5.91 Å². The molecule has 0 saturated carbocycles. The van der Waals surface area contributed by atoms with Crippen LogP contribution in [-0.2, 0) is 6.42 Å². The van der Waals surface area contributed by atoms with Crippen molar-refractivity contribution in [2.75, 3.05) is 25.1 Å². The summed E-state index contributed by atoms with van der Waals surface area (Å²) >= 11 is 5.39. The average molecular weight is 550 g/mol. The molecule has 0 spiro atoms. The first-order valence-electron chi connectivity index (χ1n) is 12.8. The zero-order chi connectivity index (χ0) is 27.9. The molecule has 3 aromatic carbocycles. The van der Waals surface area contributed by atoms with E-state index in [-0.39, 0.29) is 16.8 Å². The van der Waals surface area contributed by atoms with E-state index in [0.29, 0.717) is 65.0 Å². The minimum atomic E-state index is -0.456. The summed E-state index contributed by atoms with van der Waals surface area (Å²) in [7, 11) is 0. The lowest BCUT2D eigenvalue weighted by atomic mass is 10.1. The Morgan fingerprint density at radius 3 is 2.28 bits per heavy atom. The Labute approximate surface area is 232 Å². The summed E-state index contributed by atoms with van der Waals surface area (Å²) in [5.41, 5.74) is 3.67. The van der Waals surface area contributed by atoms with Gasteiger partial charge in [-0.1, -0.05) is 13.0 Å². The highest BCUT2D eigenvalue weighted by Gasteiger charge is 2.19. The van der Waals surface area contributed by atoms with Crippen LogP contribution in [0.25, 0.3) is 22.6 Å². The predicted molar refractivity (Wildman–Crippen MR) is 154 cm³/mol. The van der Waals surface area contributed by atoms with E-state index >= 15 is 0 Å². The molecule has 4 rings (SSSR count). The molecule has 0 aliphatic carbocycles. The Balaban J connectivity index is 1.53. The Morgan fingerprint density at radius 2 is 1.64 bits per heavy atom. The third kappa shape index (κ3) is 6.40. The first kappa shape index (κ1) is 27.7. The predicted octanol–water partition coefficient (Wildman–Crippen LogP) is 6.09. The smallest absolute Gasteiger partial charge is 0.257 e. The molecule has 9 nitrogen and oxygen atoms in total. The van der Waals surface area contributed by atoms with Crippen molar-refractivity contribution in [3.05, 3.63) is 59.7 Å². The highest BCUT2D eigenvalue weighted by atomic mass is 32.1. The van der Waals surface area contributed by atoms with Gasteiger partial charge in [0.25, 0.3) is 5.91 Å². The molecule has 0 aliphatic rings. The number of phenolic OH excluding ortho intramolecular Hbond substituents is 1. The highest BCUT2D eigenvalue weighted by Crippen LogP contribution is 2.39. The Bertz CT molecular complexity index is 1470. The summed E-state index contributed by atoms with van der Waals surface area (Å²) in [6.45, 7) is 8.80. The van der Waals surface area contributed by atoms with Gasteiger partial charge in [-0.15, -0.1) is 0 Å². The van der Waals surface area contributed by atoms with Crippen LogP contribution in [0.3, 0.4) is 0 Å². The van der Waals surface area contributed by atoms with Crippen LogP contribution >= 0.6 is 12.2 Å². The maximum Gasteiger partial charge on any atom is 0.257 e. The molecule has 1 heterocycles. The quantitative estimate of drug-likeness (QED) is 0.160. The molecule has 0 radical (unpaired) electrons. The van der Waals surface area contributed by atoms with Gasteiger partial charge in [0, 0.05) is 11.3 Å². The van der Waals surface area contributed by atoms with Gasteiger partial charge >= 0.3 is 0 Å². The fourth-order valence-electron chi connectivity index (χ4n) is 3.95. The number of amides is 1. The van der Waals surface area contributed by atoms with Crippen LogP contribution in [-0.4, -0.2) is 40.9 Å². The van der Waals surface area contributed by atoms with Crippen LogP contribution in [0.15, 0.2) is 52.9 Å².